The summed E-state index contributed by atoms with van der Waals surface area (Å²) in [6.07, 6.45) is 0.285. The highest BCUT2D eigenvalue weighted by Crippen LogP contribution is 2.29. The number of likely N-dealkylation sites (N-methyl/N-ethyl adjacent to an activating group) is 1. The lowest BCUT2D eigenvalue weighted by Gasteiger charge is -2.40. The molecule has 0 aliphatic heterocycles. The molecule has 0 spiro atoms. The zero-order chi connectivity index (χ0) is 13.9. The molecule has 0 aromatic heterocycles. The maximum Gasteiger partial charge on any atom is 0.334 e. The van der Waals surface area contributed by atoms with E-state index in [1.54, 1.807) is 6.92 Å². The molecule has 0 heterocycles. The van der Waals surface area contributed by atoms with Crippen molar-refractivity contribution in [2.24, 2.45) is 5.92 Å². The Morgan fingerprint density at radius 3 is 2.06 bits per heavy atom. The van der Waals surface area contributed by atoms with Gasteiger partial charge in [-0.15, -0.1) is 0 Å². The largest absolute Gasteiger partial charge is 0.479 e. The van der Waals surface area contributed by atoms with Gasteiger partial charge in [0.2, 0.25) is 5.54 Å². The molecule has 2 unspecified atom stereocenters. The Balaban J connectivity index is 5.53. The Bertz CT molecular complexity index is 299. The number of Topliss-reactive ketones (excluding diaryl/α,β-unsaturated/α-hetero) is 1. The Morgan fingerprint density at radius 2 is 1.82 bits per heavy atom. The van der Waals surface area contributed by atoms with Crippen LogP contribution in [0.5, 0.6) is 0 Å². The number of aliphatic carboxylic acids is 1. The van der Waals surface area contributed by atoms with E-state index in [0.717, 1.165) is 0 Å². The van der Waals surface area contributed by atoms with Crippen molar-refractivity contribution in [1.29, 1.82) is 0 Å². The van der Waals surface area contributed by atoms with Gasteiger partial charge in [-0.1, -0.05) is 20.8 Å². The van der Waals surface area contributed by atoms with Crippen molar-refractivity contribution in [2.45, 2.75) is 51.7 Å². The van der Waals surface area contributed by atoms with Crippen LogP contribution in [0.2, 0.25) is 0 Å². The van der Waals surface area contributed by atoms with Gasteiger partial charge in [0, 0.05) is 6.42 Å². The fourth-order valence-electron chi connectivity index (χ4n) is 1.95. The summed E-state index contributed by atoms with van der Waals surface area (Å²) >= 11 is 0. The van der Waals surface area contributed by atoms with Gasteiger partial charge in [-0.25, -0.2) is 4.79 Å². The molecule has 0 bridgehead atoms. The topological polar surface area (TPSA) is 86.6 Å². The minimum atomic E-state index is -1.94. The van der Waals surface area contributed by atoms with Crippen molar-refractivity contribution in [3.8, 4) is 0 Å². The second-order valence-corrected chi connectivity index (χ2v) is 4.95. The standard InChI is InChI=1S/C12H23NO4/c1-6-11(4,17)12(13-5,10(15)16)9(14)7-8(2)3/h8,13,17H,6-7H2,1-5H3,(H,15,16). The van der Waals surface area contributed by atoms with Crippen LogP contribution in [0.3, 0.4) is 0 Å². The summed E-state index contributed by atoms with van der Waals surface area (Å²) in [6.45, 7) is 6.69. The monoisotopic (exact) mass is 245 g/mol. The zero-order valence-corrected chi connectivity index (χ0v) is 11.2. The normalized spacial score (nSPS) is 18.5. The number of carbonyl (C=O) groups is 2. The predicted octanol–water partition coefficient (Wildman–Crippen LogP) is 0.805. The number of rotatable bonds is 7. The summed E-state index contributed by atoms with van der Waals surface area (Å²) in [4.78, 5) is 23.6. The van der Waals surface area contributed by atoms with E-state index in [-0.39, 0.29) is 18.8 Å². The molecule has 0 aliphatic rings. The molecule has 0 aliphatic carbocycles. The van der Waals surface area contributed by atoms with E-state index in [9.17, 15) is 19.8 Å². The first-order chi connectivity index (χ1) is 7.65. The molecule has 3 N–H and O–H groups in total. The van der Waals surface area contributed by atoms with E-state index in [4.69, 9.17) is 0 Å². The SMILES string of the molecule is CCC(C)(O)C(NC)(C(=O)O)C(=O)CC(C)C. The molecule has 0 saturated carbocycles. The fourth-order valence-corrected chi connectivity index (χ4v) is 1.95. The third kappa shape index (κ3) is 2.84. The maximum absolute atomic E-state index is 12.2. The number of carboxylic acids is 1. The molecule has 2 atom stereocenters. The highest BCUT2D eigenvalue weighted by atomic mass is 16.4. The predicted molar refractivity (Wildman–Crippen MR) is 64.8 cm³/mol. The molecule has 0 aromatic rings. The molecule has 100 valence electrons. The number of ketones is 1. The highest BCUT2D eigenvalue weighted by Gasteiger charge is 2.56. The Hall–Kier alpha value is -0.940. The lowest BCUT2D eigenvalue weighted by molar-refractivity contribution is -0.164. The van der Waals surface area contributed by atoms with Gasteiger partial charge < -0.3 is 10.2 Å². The molecule has 0 rings (SSSR count). The van der Waals surface area contributed by atoms with Gasteiger partial charge in [0.25, 0.3) is 0 Å². The molecule has 0 fully saturated rings. The van der Waals surface area contributed by atoms with Crippen LogP contribution in [0.1, 0.15) is 40.5 Å². The van der Waals surface area contributed by atoms with Gasteiger partial charge in [-0.2, -0.15) is 0 Å². The first kappa shape index (κ1) is 16.1. The summed E-state index contributed by atoms with van der Waals surface area (Å²) in [7, 11) is 1.39. The molecule has 5 heteroatoms. The third-order valence-electron chi connectivity index (χ3n) is 3.20. The van der Waals surface area contributed by atoms with Crippen LogP contribution in [0.25, 0.3) is 0 Å². The van der Waals surface area contributed by atoms with Crippen molar-refractivity contribution in [1.82, 2.24) is 5.32 Å². The number of hydrogen-bond acceptors (Lipinski definition) is 4. The van der Waals surface area contributed by atoms with Gasteiger partial charge in [-0.05, 0) is 26.3 Å². The van der Waals surface area contributed by atoms with Crippen LogP contribution < -0.4 is 5.32 Å². The van der Waals surface area contributed by atoms with Crippen molar-refractivity contribution in [2.75, 3.05) is 7.05 Å². The minimum Gasteiger partial charge on any atom is -0.479 e. The van der Waals surface area contributed by atoms with E-state index in [1.165, 1.54) is 14.0 Å². The van der Waals surface area contributed by atoms with Gasteiger partial charge in [0.1, 0.15) is 0 Å². The van der Waals surface area contributed by atoms with Gasteiger partial charge in [-0.3, -0.25) is 10.1 Å². The van der Waals surface area contributed by atoms with Crippen molar-refractivity contribution in [3.63, 3.8) is 0 Å². The molecular formula is C12H23NO4. The Labute approximate surface area is 102 Å². The van der Waals surface area contributed by atoms with Crippen LogP contribution in [0, 0.1) is 5.92 Å². The van der Waals surface area contributed by atoms with Gasteiger partial charge in [0.15, 0.2) is 5.78 Å². The second kappa shape index (κ2) is 5.60. The second-order valence-electron chi connectivity index (χ2n) is 4.95. The average molecular weight is 245 g/mol. The molecule has 0 aromatic carbocycles. The van der Waals surface area contributed by atoms with Crippen LogP contribution in [-0.2, 0) is 9.59 Å². The van der Waals surface area contributed by atoms with E-state index >= 15 is 0 Å². The van der Waals surface area contributed by atoms with Crippen LogP contribution in [0.4, 0.5) is 0 Å². The Kier molecular flexibility index (Phi) is 5.29. The molecule has 0 amide bonds. The third-order valence-corrected chi connectivity index (χ3v) is 3.20. The van der Waals surface area contributed by atoms with Crippen LogP contribution in [0.15, 0.2) is 0 Å². The molecular weight excluding hydrogens is 222 g/mol. The van der Waals surface area contributed by atoms with Crippen LogP contribution in [-0.4, -0.2) is 40.2 Å². The maximum atomic E-state index is 12.2. The number of hydrogen-bond donors (Lipinski definition) is 3. The van der Waals surface area contributed by atoms with Crippen molar-refractivity contribution in [3.05, 3.63) is 0 Å². The van der Waals surface area contributed by atoms with Gasteiger partial charge >= 0.3 is 5.97 Å². The lowest BCUT2D eigenvalue weighted by atomic mass is 9.74. The fraction of sp³-hybridized carbons (Fsp3) is 0.833. The van der Waals surface area contributed by atoms with Crippen LogP contribution >= 0.6 is 0 Å². The first-order valence-corrected chi connectivity index (χ1v) is 5.83. The summed E-state index contributed by atoms with van der Waals surface area (Å²) in [6, 6.07) is 0. The Morgan fingerprint density at radius 1 is 1.35 bits per heavy atom. The molecule has 5 nitrogen and oxygen atoms in total. The first-order valence-electron chi connectivity index (χ1n) is 5.83. The highest BCUT2D eigenvalue weighted by molar-refractivity contribution is 6.09. The molecule has 0 radical (unpaired) electrons. The summed E-state index contributed by atoms with van der Waals surface area (Å²) < 4.78 is 0. The number of aliphatic hydroxyl groups is 1. The van der Waals surface area contributed by atoms with Gasteiger partial charge in [0.05, 0.1) is 5.60 Å². The summed E-state index contributed by atoms with van der Waals surface area (Å²) in [5.41, 5.74) is -3.56. The smallest absolute Gasteiger partial charge is 0.334 e. The quantitative estimate of drug-likeness (QED) is 0.578. The van der Waals surface area contributed by atoms with E-state index in [1.807, 2.05) is 13.8 Å². The number of carboxylic acid groups (broad SMARTS) is 1. The zero-order valence-electron chi connectivity index (χ0n) is 11.2. The van der Waals surface area contributed by atoms with Crippen molar-refractivity contribution >= 4 is 11.8 Å². The van der Waals surface area contributed by atoms with Crippen molar-refractivity contribution < 1.29 is 19.8 Å². The number of carbonyl (C=O) groups excluding carboxylic acids is 1. The van der Waals surface area contributed by atoms with E-state index in [0.29, 0.717) is 0 Å². The minimum absolute atomic E-state index is 0.0437. The van der Waals surface area contributed by atoms with E-state index in [2.05, 4.69) is 5.32 Å². The summed E-state index contributed by atoms with van der Waals surface area (Å²) in [5.74, 6) is -1.78. The van der Waals surface area contributed by atoms with E-state index < -0.39 is 22.9 Å². The number of nitrogens with one attached hydrogen (secondary N) is 1. The molecule has 17 heavy (non-hydrogen) atoms. The lowest BCUT2D eigenvalue weighted by Crippen LogP contribution is -2.70. The summed E-state index contributed by atoms with van der Waals surface area (Å²) in [5, 5.41) is 22.1. The molecule has 0 saturated heterocycles. The average Bonchev–Trinajstić information content (AvgIpc) is 2.17.